The highest BCUT2D eigenvalue weighted by Gasteiger charge is 2.32. The maximum Gasteiger partial charge on any atom is 0.303 e. The number of nitrogens with one attached hydrogen (secondary N) is 1. The third-order valence-electron chi connectivity index (χ3n) is 8.34. The third kappa shape index (κ3) is 8.40. The van der Waals surface area contributed by atoms with E-state index >= 15 is 0 Å². The van der Waals surface area contributed by atoms with Gasteiger partial charge in [-0.2, -0.15) is 0 Å². The molecular weight excluding hydrogens is 484 g/mol. The Bertz CT molecular complexity index is 1190. The van der Waals surface area contributed by atoms with Crippen molar-refractivity contribution in [2.75, 3.05) is 19.6 Å². The Labute approximate surface area is 233 Å². The molecule has 1 aliphatic rings. The molecule has 3 aromatic carbocycles. The molecule has 1 aliphatic heterocycles. The molecule has 3 aromatic rings. The van der Waals surface area contributed by atoms with E-state index in [9.17, 15) is 9.59 Å². The number of carboxylic acid groups (broad SMARTS) is 1. The van der Waals surface area contributed by atoms with Gasteiger partial charge in [-0.15, -0.1) is 0 Å². The predicted octanol–water partition coefficient (Wildman–Crippen LogP) is 7.33. The first kappa shape index (κ1) is 28.8. The van der Waals surface area contributed by atoms with Gasteiger partial charge < -0.3 is 15.3 Å². The van der Waals surface area contributed by atoms with Crippen molar-refractivity contribution in [3.05, 3.63) is 83.9 Å². The molecule has 0 aromatic heterocycles. The molecule has 0 bridgehead atoms. The highest BCUT2D eigenvalue weighted by molar-refractivity contribution is 5.86. The fraction of sp³-hybridized carbons (Fsp3) is 0.471. The summed E-state index contributed by atoms with van der Waals surface area (Å²) in [4.78, 5) is 25.8. The molecule has 1 saturated heterocycles. The van der Waals surface area contributed by atoms with Crippen LogP contribution in [0.1, 0.15) is 87.8 Å². The Kier molecular flexibility index (Phi) is 11.0. The van der Waals surface area contributed by atoms with Crippen molar-refractivity contribution in [2.45, 2.75) is 76.7 Å². The summed E-state index contributed by atoms with van der Waals surface area (Å²) in [6, 6.07) is 26.1. The molecule has 0 saturated carbocycles. The van der Waals surface area contributed by atoms with Crippen LogP contribution in [0.2, 0.25) is 0 Å². The van der Waals surface area contributed by atoms with Crippen molar-refractivity contribution in [3.8, 4) is 0 Å². The molecule has 4 rings (SSSR count). The van der Waals surface area contributed by atoms with Gasteiger partial charge in [0, 0.05) is 37.9 Å². The summed E-state index contributed by atoms with van der Waals surface area (Å²) in [7, 11) is 0. The van der Waals surface area contributed by atoms with Gasteiger partial charge in [-0.1, -0.05) is 98.5 Å². The summed E-state index contributed by atoms with van der Waals surface area (Å²) in [5, 5.41) is 15.2. The van der Waals surface area contributed by atoms with Gasteiger partial charge in [-0.05, 0) is 60.5 Å². The Morgan fingerprint density at radius 2 is 1.54 bits per heavy atom. The topological polar surface area (TPSA) is 69.6 Å². The Hall–Kier alpha value is -3.18. The van der Waals surface area contributed by atoms with E-state index in [1.165, 1.54) is 21.9 Å². The van der Waals surface area contributed by atoms with Crippen molar-refractivity contribution >= 4 is 22.6 Å². The minimum Gasteiger partial charge on any atom is -0.481 e. The summed E-state index contributed by atoms with van der Waals surface area (Å²) in [5.74, 6) is 0.357. The van der Waals surface area contributed by atoms with E-state index in [0.717, 1.165) is 64.6 Å². The number of carboxylic acids is 1. The number of rotatable bonds is 14. The number of piperidine rings is 1. The van der Waals surface area contributed by atoms with Crippen LogP contribution in [0.15, 0.2) is 72.8 Å². The van der Waals surface area contributed by atoms with Crippen molar-refractivity contribution in [2.24, 2.45) is 5.92 Å². The SMILES string of the molecule is CC(NCC1CCN(C(=O)CCCCCCCCC(=O)O)CC1c1ccccc1)c1cccc2ccccc12. The highest BCUT2D eigenvalue weighted by atomic mass is 16.4. The van der Waals surface area contributed by atoms with Crippen molar-refractivity contribution in [1.82, 2.24) is 10.2 Å². The number of aliphatic carboxylic acids is 1. The predicted molar refractivity (Wildman–Crippen MR) is 159 cm³/mol. The fourth-order valence-electron chi connectivity index (χ4n) is 6.03. The van der Waals surface area contributed by atoms with Crippen LogP contribution in [0.4, 0.5) is 0 Å². The van der Waals surface area contributed by atoms with Crippen molar-refractivity contribution in [3.63, 3.8) is 0 Å². The molecule has 0 spiro atoms. The lowest BCUT2D eigenvalue weighted by Crippen LogP contribution is -2.45. The van der Waals surface area contributed by atoms with E-state index in [0.29, 0.717) is 18.3 Å². The first-order valence-electron chi connectivity index (χ1n) is 14.8. The van der Waals surface area contributed by atoms with E-state index in [1.54, 1.807) is 0 Å². The largest absolute Gasteiger partial charge is 0.481 e. The highest BCUT2D eigenvalue weighted by Crippen LogP contribution is 2.33. The lowest BCUT2D eigenvalue weighted by atomic mass is 9.80. The average molecular weight is 529 g/mol. The van der Waals surface area contributed by atoms with Crippen molar-refractivity contribution < 1.29 is 14.7 Å². The van der Waals surface area contributed by atoms with Crippen LogP contribution >= 0.6 is 0 Å². The maximum absolute atomic E-state index is 13.1. The molecule has 1 amide bonds. The molecule has 3 atom stereocenters. The van der Waals surface area contributed by atoms with Gasteiger partial charge in [-0.25, -0.2) is 0 Å². The number of unbranched alkanes of at least 4 members (excludes halogenated alkanes) is 5. The summed E-state index contributed by atoms with van der Waals surface area (Å²) >= 11 is 0. The maximum atomic E-state index is 13.1. The fourth-order valence-corrected chi connectivity index (χ4v) is 6.03. The Morgan fingerprint density at radius 1 is 0.872 bits per heavy atom. The minimum atomic E-state index is -0.715. The number of nitrogens with zero attached hydrogens (tertiary/aromatic N) is 1. The lowest BCUT2D eigenvalue weighted by molar-refractivity contribution is -0.137. The van der Waals surface area contributed by atoms with E-state index in [2.05, 4.69) is 89.9 Å². The molecule has 3 unspecified atom stereocenters. The van der Waals surface area contributed by atoms with Crippen LogP contribution in [0.3, 0.4) is 0 Å². The van der Waals surface area contributed by atoms with Gasteiger partial charge in [0.1, 0.15) is 0 Å². The molecule has 2 N–H and O–H groups in total. The van der Waals surface area contributed by atoms with Crippen molar-refractivity contribution in [1.29, 1.82) is 0 Å². The van der Waals surface area contributed by atoms with E-state index in [1.807, 2.05) is 0 Å². The molecule has 0 aliphatic carbocycles. The standard InChI is InChI=1S/C34H44N2O3/c1-26(30-19-13-17-27-16-11-12-18-31(27)30)35-24-29-22-23-36(25-32(29)28-14-7-6-8-15-28)33(37)20-9-4-2-3-5-10-21-34(38)39/h6-8,11-19,26,29,32,35H,2-5,9-10,20-25H2,1H3,(H,38,39). The number of hydrogen-bond acceptors (Lipinski definition) is 3. The number of benzene rings is 3. The average Bonchev–Trinajstić information content (AvgIpc) is 2.97. The quantitative estimate of drug-likeness (QED) is 0.215. The van der Waals surface area contributed by atoms with Gasteiger partial charge in [0.2, 0.25) is 5.91 Å². The van der Waals surface area contributed by atoms with E-state index in [4.69, 9.17) is 5.11 Å². The second-order valence-electron chi connectivity index (χ2n) is 11.1. The second-order valence-corrected chi connectivity index (χ2v) is 11.1. The molecule has 208 valence electrons. The zero-order valence-corrected chi connectivity index (χ0v) is 23.4. The Balaban J connectivity index is 1.30. The number of carbonyl (C=O) groups excluding carboxylic acids is 1. The monoisotopic (exact) mass is 528 g/mol. The molecule has 5 heteroatoms. The van der Waals surface area contributed by atoms with Gasteiger partial charge in [0.05, 0.1) is 0 Å². The molecule has 39 heavy (non-hydrogen) atoms. The number of amides is 1. The van der Waals surface area contributed by atoms with Gasteiger partial charge in [0.15, 0.2) is 0 Å². The van der Waals surface area contributed by atoms with E-state index in [-0.39, 0.29) is 18.4 Å². The Morgan fingerprint density at radius 3 is 2.31 bits per heavy atom. The normalized spacial score (nSPS) is 18.2. The summed E-state index contributed by atoms with van der Waals surface area (Å²) in [6.07, 6.45) is 7.65. The molecule has 1 fully saturated rings. The van der Waals surface area contributed by atoms with Gasteiger partial charge >= 0.3 is 5.97 Å². The molecule has 0 radical (unpaired) electrons. The third-order valence-corrected chi connectivity index (χ3v) is 8.34. The number of carbonyl (C=O) groups is 2. The zero-order chi connectivity index (χ0) is 27.5. The van der Waals surface area contributed by atoms with Gasteiger partial charge in [0.25, 0.3) is 0 Å². The van der Waals surface area contributed by atoms with Crippen LogP contribution in [-0.2, 0) is 9.59 Å². The zero-order valence-electron chi connectivity index (χ0n) is 23.4. The summed E-state index contributed by atoms with van der Waals surface area (Å²) < 4.78 is 0. The smallest absolute Gasteiger partial charge is 0.303 e. The molecular formula is C34H44N2O3. The van der Waals surface area contributed by atoms with Crippen LogP contribution in [-0.4, -0.2) is 41.5 Å². The first-order chi connectivity index (χ1) is 19.0. The summed E-state index contributed by atoms with van der Waals surface area (Å²) in [6.45, 7) is 4.79. The number of likely N-dealkylation sites (tertiary alicyclic amines) is 1. The molecule has 1 heterocycles. The molecule has 5 nitrogen and oxygen atoms in total. The lowest BCUT2D eigenvalue weighted by Gasteiger charge is -2.39. The first-order valence-corrected chi connectivity index (χ1v) is 14.8. The minimum absolute atomic E-state index is 0.247. The van der Waals surface area contributed by atoms with E-state index < -0.39 is 5.97 Å². The van der Waals surface area contributed by atoms with Crippen LogP contribution in [0.25, 0.3) is 10.8 Å². The summed E-state index contributed by atoms with van der Waals surface area (Å²) in [5.41, 5.74) is 2.65. The van der Waals surface area contributed by atoms with Gasteiger partial charge in [-0.3, -0.25) is 9.59 Å². The number of hydrogen-bond donors (Lipinski definition) is 2. The van der Waals surface area contributed by atoms with Crippen LogP contribution in [0.5, 0.6) is 0 Å². The van der Waals surface area contributed by atoms with Crippen LogP contribution in [0, 0.1) is 5.92 Å². The number of fused-ring (bicyclic) bond motifs is 1. The van der Waals surface area contributed by atoms with Crippen LogP contribution < -0.4 is 5.32 Å². The second kappa shape index (κ2) is 14.8.